The Morgan fingerprint density at radius 3 is 2.41 bits per heavy atom. The fourth-order valence-electron chi connectivity index (χ4n) is 2.18. The van der Waals surface area contributed by atoms with E-state index in [1.54, 1.807) is 19.2 Å². The molecule has 0 atom stereocenters. The number of ether oxygens (including phenoxy) is 3. The molecule has 1 aromatic rings. The zero-order chi connectivity index (χ0) is 20.2. The Morgan fingerprint density at radius 1 is 1.07 bits per heavy atom. The fraction of sp³-hybridized carbons (Fsp3) is 0.526. The topological polar surface area (TPSA) is 103 Å². The van der Waals surface area contributed by atoms with Crippen LogP contribution in [0.2, 0.25) is 0 Å². The molecule has 0 fully saturated rings. The van der Waals surface area contributed by atoms with Crippen molar-refractivity contribution in [3.05, 3.63) is 23.8 Å². The van der Waals surface area contributed by atoms with Crippen molar-refractivity contribution >= 4 is 17.9 Å². The number of benzene rings is 1. The molecule has 1 aromatic carbocycles. The average Bonchev–Trinajstić information content (AvgIpc) is 2.63. The molecule has 0 heterocycles. The molecule has 0 bridgehead atoms. The first-order chi connectivity index (χ1) is 12.8. The number of carbonyl (C=O) groups is 3. The van der Waals surface area contributed by atoms with Gasteiger partial charge in [-0.3, -0.25) is 14.9 Å². The zero-order valence-electron chi connectivity index (χ0n) is 16.3. The molecule has 8 heteroatoms. The van der Waals surface area contributed by atoms with Gasteiger partial charge in [-0.15, -0.1) is 0 Å². The summed E-state index contributed by atoms with van der Waals surface area (Å²) in [6, 6.07) is 4.76. The quantitative estimate of drug-likeness (QED) is 0.602. The van der Waals surface area contributed by atoms with Gasteiger partial charge in [-0.1, -0.05) is 19.9 Å². The first-order valence-corrected chi connectivity index (χ1v) is 8.80. The van der Waals surface area contributed by atoms with Gasteiger partial charge in [-0.25, -0.2) is 4.79 Å². The van der Waals surface area contributed by atoms with Crippen LogP contribution in [0.5, 0.6) is 11.5 Å². The van der Waals surface area contributed by atoms with E-state index in [0.717, 1.165) is 12.0 Å². The largest absolute Gasteiger partial charge is 0.493 e. The van der Waals surface area contributed by atoms with Crippen molar-refractivity contribution in [1.82, 2.24) is 10.6 Å². The van der Waals surface area contributed by atoms with E-state index in [1.807, 2.05) is 19.9 Å². The maximum atomic E-state index is 11.8. The molecule has 1 rings (SSSR count). The van der Waals surface area contributed by atoms with Crippen LogP contribution in [0.15, 0.2) is 18.2 Å². The minimum absolute atomic E-state index is 0.101. The molecule has 0 aromatic heterocycles. The van der Waals surface area contributed by atoms with Crippen molar-refractivity contribution < 1.29 is 28.6 Å². The zero-order valence-corrected chi connectivity index (χ0v) is 16.3. The Kier molecular flexibility index (Phi) is 9.71. The standard InChI is InChI=1S/C19H28N2O6/c1-13(2)9-10-20-19(24)21-17(22)12-27-18(23)8-6-14-5-7-15(25-3)16(11-14)26-4/h5,7,11,13H,6,8-10,12H2,1-4H3,(H2,20,21,22,24). The predicted octanol–water partition coefficient (Wildman–Crippen LogP) is 2.05. The van der Waals surface area contributed by atoms with Crippen molar-refractivity contribution in [3.63, 3.8) is 0 Å². The molecule has 2 N–H and O–H groups in total. The Labute approximate surface area is 159 Å². The Morgan fingerprint density at radius 2 is 1.78 bits per heavy atom. The lowest BCUT2D eigenvalue weighted by Crippen LogP contribution is -2.42. The van der Waals surface area contributed by atoms with Gasteiger partial charge >= 0.3 is 12.0 Å². The summed E-state index contributed by atoms with van der Waals surface area (Å²) in [5.41, 5.74) is 0.874. The highest BCUT2D eigenvalue weighted by molar-refractivity contribution is 5.95. The highest BCUT2D eigenvalue weighted by Crippen LogP contribution is 2.27. The summed E-state index contributed by atoms with van der Waals surface area (Å²) in [5.74, 6) is 0.433. The molecule has 0 spiro atoms. The number of rotatable bonds is 10. The summed E-state index contributed by atoms with van der Waals surface area (Å²) in [5, 5.41) is 4.68. The number of carbonyl (C=O) groups excluding carboxylic acids is 3. The molecule has 0 radical (unpaired) electrons. The molecule has 3 amide bonds. The van der Waals surface area contributed by atoms with Crippen LogP contribution in [0.4, 0.5) is 4.79 Å². The van der Waals surface area contributed by atoms with Gasteiger partial charge in [0, 0.05) is 13.0 Å². The number of hydrogen-bond donors (Lipinski definition) is 2. The van der Waals surface area contributed by atoms with Crippen LogP contribution in [0.25, 0.3) is 0 Å². The summed E-state index contributed by atoms with van der Waals surface area (Å²) >= 11 is 0. The van der Waals surface area contributed by atoms with Crippen molar-refractivity contribution in [2.24, 2.45) is 5.92 Å². The molecule has 27 heavy (non-hydrogen) atoms. The lowest BCUT2D eigenvalue weighted by atomic mass is 10.1. The molecule has 0 unspecified atom stereocenters. The van der Waals surface area contributed by atoms with Crippen LogP contribution in [0.3, 0.4) is 0 Å². The number of nitrogens with one attached hydrogen (secondary N) is 2. The first-order valence-electron chi connectivity index (χ1n) is 8.80. The van der Waals surface area contributed by atoms with Crippen molar-refractivity contribution in [3.8, 4) is 11.5 Å². The van der Waals surface area contributed by atoms with E-state index in [0.29, 0.717) is 30.4 Å². The summed E-state index contributed by atoms with van der Waals surface area (Å²) < 4.78 is 15.2. The first kappa shape index (κ1) is 22.3. The van der Waals surface area contributed by atoms with E-state index in [2.05, 4.69) is 10.6 Å². The van der Waals surface area contributed by atoms with Gasteiger partial charge in [-0.05, 0) is 36.5 Å². The van der Waals surface area contributed by atoms with E-state index in [1.165, 1.54) is 7.11 Å². The molecular weight excluding hydrogens is 352 g/mol. The van der Waals surface area contributed by atoms with E-state index >= 15 is 0 Å². The maximum absolute atomic E-state index is 11.8. The van der Waals surface area contributed by atoms with E-state index in [9.17, 15) is 14.4 Å². The second kappa shape index (κ2) is 11.8. The van der Waals surface area contributed by atoms with Gasteiger partial charge in [0.25, 0.3) is 5.91 Å². The molecule has 0 saturated heterocycles. The molecule has 0 saturated carbocycles. The van der Waals surface area contributed by atoms with Crippen LogP contribution in [0, 0.1) is 5.92 Å². The van der Waals surface area contributed by atoms with Crippen molar-refractivity contribution in [2.75, 3.05) is 27.4 Å². The fourth-order valence-corrected chi connectivity index (χ4v) is 2.18. The van der Waals surface area contributed by atoms with Gasteiger partial charge in [-0.2, -0.15) is 0 Å². The van der Waals surface area contributed by atoms with E-state index in [4.69, 9.17) is 14.2 Å². The number of methoxy groups -OCH3 is 2. The molecule has 0 aliphatic rings. The lowest BCUT2D eigenvalue weighted by molar-refractivity contribution is -0.148. The molecule has 150 valence electrons. The maximum Gasteiger partial charge on any atom is 0.321 e. The number of amides is 3. The summed E-state index contributed by atoms with van der Waals surface area (Å²) in [4.78, 5) is 34.9. The van der Waals surface area contributed by atoms with Crippen molar-refractivity contribution in [2.45, 2.75) is 33.1 Å². The normalized spacial score (nSPS) is 10.3. The second-order valence-corrected chi connectivity index (χ2v) is 6.34. The smallest absolute Gasteiger partial charge is 0.321 e. The molecular formula is C19H28N2O6. The van der Waals surface area contributed by atoms with Crippen molar-refractivity contribution in [1.29, 1.82) is 0 Å². The lowest BCUT2D eigenvalue weighted by Gasteiger charge is -2.10. The molecule has 0 aliphatic heterocycles. The SMILES string of the molecule is COc1ccc(CCC(=O)OCC(=O)NC(=O)NCCC(C)C)cc1OC. The Hall–Kier alpha value is -2.77. The number of imide groups is 1. The molecule has 8 nitrogen and oxygen atoms in total. The van der Waals surface area contributed by atoms with Crippen LogP contribution in [0.1, 0.15) is 32.3 Å². The van der Waals surface area contributed by atoms with Crippen LogP contribution in [-0.4, -0.2) is 45.3 Å². The number of esters is 1. The third-order valence-electron chi connectivity index (χ3n) is 3.69. The minimum atomic E-state index is -0.670. The highest BCUT2D eigenvalue weighted by atomic mass is 16.5. The molecule has 0 aliphatic carbocycles. The average molecular weight is 380 g/mol. The Bertz CT molecular complexity index is 645. The van der Waals surface area contributed by atoms with Crippen LogP contribution >= 0.6 is 0 Å². The number of aryl methyl sites for hydroxylation is 1. The third-order valence-corrected chi connectivity index (χ3v) is 3.69. The van der Waals surface area contributed by atoms with Gasteiger partial charge in [0.1, 0.15) is 0 Å². The summed E-state index contributed by atoms with van der Waals surface area (Å²) in [6.07, 6.45) is 1.34. The van der Waals surface area contributed by atoms with E-state index in [-0.39, 0.29) is 6.42 Å². The second-order valence-electron chi connectivity index (χ2n) is 6.34. The highest BCUT2D eigenvalue weighted by Gasteiger charge is 2.12. The van der Waals surface area contributed by atoms with Gasteiger partial charge in [0.2, 0.25) is 0 Å². The van der Waals surface area contributed by atoms with Crippen LogP contribution in [-0.2, 0) is 20.7 Å². The Balaban J connectivity index is 2.30. The number of hydrogen-bond acceptors (Lipinski definition) is 6. The van der Waals surface area contributed by atoms with Gasteiger partial charge in [0.05, 0.1) is 14.2 Å². The summed E-state index contributed by atoms with van der Waals surface area (Å²) in [7, 11) is 3.08. The van der Waals surface area contributed by atoms with Gasteiger partial charge < -0.3 is 19.5 Å². The predicted molar refractivity (Wildman–Crippen MR) is 99.8 cm³/mol. The minimum Gasteiger partial charge on any atom is -0.493 e. The monoisotopic (exact) mass is 380 g/mol. The number of urea groups is 1. The van der Waals surface area contributed by atoms with Gasteiger partial charge in [0.15, 0.2) is 18.1 Å². The summed E-state index contributed by atoms with van der Waals surface area (Å²) in [6.45, 7) is 4.04. The van der Waals surface area contributed by atoms with E-state index < -0.39 is 24.5 Å². The van der Waals surface area contributed by atoms with Crippen LogP contribution < -0.4 is 20.1 Å². The third kappa shape index (κ3) is 8.94.